The number of benzene rings is 4. The molecule has 5 nitrogen and oxygen atoms in total. The zero-order chi connectivity index (χ0) is 28.0. The summed E-state index contributed by atoms with van der Waals surface area (Å²) in [5, 5.41) is 2.29. The van der Waals surface area contributed by atoms with Crippen LogP contribution >= 0.6 is 0 Å². The number of nitrogens with zero attached hydrogens (tertiary/aromatic N) is 4. The molecule has 6 heteroatoms. The maximum absolute atomic E-state index is 6.41. The van der Waals surface area contributed by atoms with Crippen molar-refractivity contribution in [1.29, 1.82) is 0 Å². The van der Waals surface area contributed by atoms with E-state index >= 15 is 0 Å². The van der Waals surface area contributed by atoms with Crippen LogP contribution in [0.2, 0.25) is 0 Å². The van der Waals surface area contributed by atoms with Crippen LogP contribution in [0.1, 0.15) is 26.3 Å². The molecule has 1 fully saturated rings. The number of para-hydroxylation sites is 1. The van der Waals surface area contributed by atoms with E-state index in [0.717, 1.165) is 39.1 Å². The van der Waals surface area contributed by atoms with Gasteiger partial charge < -0.3 is 18.3 Å². The van der Waals surface area contributed by atoms with Gasteiger partial charge in [0.05, 0.1) is 19.2 Å². The number of ether oxygens (including phenoxy) is 1. The Kier molecular flexibility index (Phi) is 6.05. The quantitative estimate of drug-likeness (QED) is 0.134. The monoisotopic (exact) mass is 730 g/mol. The van der Waals surface area contributed by atoms with Crippen LogP contribution in [0.3, 0.4) is 0 Å². The Hall–Kier alpha value is -3.76. The number of fused-ring (bicyclic) bond motifs is 3. The fourth-order valence-electron chi connectivity index (χ4n) is 6.67. The molecule has 0 saturated carbocycles. The van der Waals surface area contributed by atoms with E-state index in [1.807, 2.05) is 36.5 Å². The molecule has 3 aliphatic rings. The van der Waals surface area contributed by atoms with Crippen LogP contribution in [0.25, 0.3) is 27.6 Å². The van der Waals surface area contributed by atoms with Crippen molar-refractivity contribution in [3.8, 4) is 17.2 Å². The Morgan fingerprint density at radius 1 is 0.833 bits per heavy atom. The molecule has 0 amide bonds. The Bertz CT molecular complexity index is 1940. The zero-order valence-electron chi connectivity index (χ0n) is 24.0. The molecule has 1 saturated heterocycles. The number of hydrogen-bond donors (Lipinski definition) is 0. The SMILES string of the molecule is CC(C)(C)c1ccc2c(c1)[N@@+]1(C)[CH-][N@+]2(c2[c-]c(Oc3[c-]c(-n4c5ccccc5c5cccnc54)ccc3)ccc2)C1.[Pt]. The molecule has 2 atom stereocenters. The average molecular weight is 731 g/mol. The van der Waals surface area contributed by atoms with Crippen LogP contribution < -0.4 is 13.7 Å². The second-order valence-electron chi connectivity index (χ2n) is 12.5. The number of aromatic nitrogens is 2. The topological polar surface area (TPSA) is 27.1 Å². The van der Waals surface area contributed by atoms with Crippen molar-refractivity contribution in [2.45, 2.75) is 26.2 Å². The summed E-state index contributed by atoms with van der Waals surface area (Å²) in [5.74, 6) is 1.32. The molecule has 0 N–H and O–H groups in total. The Balaban J connectivity index is 0.00000288. The first-order valence-corrected chi connectivity index (χ1v) is 14.1. The largest absolute Gasteiger partial charge is 0.509 e. The average Bonchev–Trinajstić information content (AvgIpc) is 3.52. The first-order chi connectivity index (χ1) is 19.8. The first kappa shape index (κ1) is 27.1. The van der Waals surface area contributed by atoms with E-state index in [0.29, 0.717) is 16.0 Å². The Morgan fingerprint density at radius 3 is 2.38 bits per heavy atom. The van der Waals surface area contributed by atoms with Crippen LogP contribution in [0.4, 0.5) is 17.1 Å². The predicted molar refractivity (Wildman–Crippen MR) is 166 cm³/mol. The van der Waals surface area contributed by atoms with Crippen LogP contribution in [-0.4, -0.2) is 23.3 Å². The standard InChI is InChI=1S/C36H31N4O.Pt/c1-36(2,3)25-17-18-33-34(20-25)39(4)23-40(33,24-39)27-11-8-13-29(22-27)41-28-12-7-10-26(21-28)38-32-16-6-5-14-30(32)31-15-9-19-37-35(31)38;/h5-20,23H,24H2,1-4H3;/q-1;/t39-,40+;/m0./s1. The van der Waals surface area contributed by atoms with Crippen molar-refractivity contribution >= 4 is 39.0 Å². The van der Waals surface area contributed by atoms with Gasteiger partial charge in [0.25, 0.3) is 0 Å². The summed E-state index contributed by atoms with van der Waals surface area (Å²) in [6.45, 7) is 10.2. The molecular formula is C36H31N4OPt-. The molecule has 42 heavy (non-hydrogen) atoms. The summed E-state index contributed by atoms with van der Waals surface area (Å²) in [6.07, 6.45) is 1.84. The molecule has 4 aromatic carbocycles. The zero-order valence-corrected chi connectivity index (χ0v) is 26.3. The molecular weight excluding hydrogens is 700 g/mol. The molecule has 5 heterocycles. The molecule has 0 radical (unpaired) electrons. The van der Waals surface area contributed by atoms with Crippen LogP contribution in [0, 0.1) is 18.8 Å². The van der Waals surface area contributed by atoms with Crippen molar-refractivity contribution in [2.24, 2.45) is 0 Å². The molecule has 0 unspecified atom stereocenters. The van der Waals surface area contributed by atoms with E-state index < -0.39 is 0 Å². The fraction of sp³-hybridized carbons (Fsp3) is 0.167. The van der Waals surface area contributed by atoms with E-state index in [2.05, 4.69) is 112 Å². The van der Waals surface area contributed by atoms with Crippen LogP contribution in [-0.2, 0) is 26.5 Å². The third-order valence-electron chi connectivity index (χ3n) is 8.62. The Labute approximate surface area is 261 Å². The fourth-order valence-corrected chi connectivity index (χ4v) is 6.67. The second kappa shape index (κ2) is 9.37. The number of pyridine rings is 1. The maximum Gasteiger partial charge on any atom is 0.179 e. The number of hydrogen-bond acceptors (Lipinski definition) is 2. The predicted octanol–water partition coefficient (Wildman–Crippen LogP) is 8.55. The van der Waals surface area contributed by atoms with Gasteiger partial charge in [-0.05, 0) is 29.2 Å². The summed E-state index contributed by atoms with van der Waals surface area (Å²) >= 11 is 0. The van der Waals surface area contributed by atoms with E-state index in [4.69, 9.17) is 9.72 Å². The van der Waals surface area contributed by atoms with Crippen LogP contribution in [0.15, 0.2) is 97.2 Å². The van der Waals surface area contributed by atoms with Gasteiger partial charge in [0, 0.05) is 67.4 Å². The van der Waals surface area contributed by atoms with Gasteiger partial charge in [-0.3, -0.25) is 0 Å². The van der Waals surface area contributed by atoms with Gasteiger partial charge in [0.15, 0.2) is 18.0 Å². The number of quaternary nitrogens is 2. The maximum atomic E-state index is 6.41. The minimum atomic E-state index is 0. The second-order valence-corrected chi connectivity index (χ2v) is 12.5. The molecule has 0 spiro atoms. The molecule has 2 aromatic heterocycles. The summed E-state index contributed by atoms with van der Waals surface area (Å²) in [5.41, 5.74) is 8.15. The van der Waals surface area contributed by atoms with E-state index in [9.17, 15) is 0 Å². The van der Waals surface area contributed by atoms with E-state index in [1.165, 1.54) is 22.3 Å². The van der Waals surface area contributed by atoms with Gasteiger partial charge in [0.2, 0.25) is 0 Å². The molecule has 212 valence electrons. The minimum Gasteiger partial charge on any atom is -0.509 e. The van der Waals surface area contributed by atoms with E-state index in [1.54, 1.807) is 0 Å². The smallest absolute Gasteiger partial charge is 0.179 e. The summed E-state index contributed by atoms with van der Waals surface area (Å²) in [7, 11) is 2.29. The third kappa shape index (κ3) is 3.91. The van der Waals surface area contributed by atoms with Gasteiger partial charge in [-0.25, -0.2) is 4.98 Å². The van der Waals surface area contributed by atoms with Gasteiger partial charge in [-0.2, -0.15) is 12.1 Å². The molecule has 9 rings (SSSR count). The van der Waals surface area contributed by atoms with Crippen molar-refractivity contribution in [3.05, 3.63) is 122 Å². The normalized spacial score (nSPS) is 20.7. The molecule has 6 aromatic rings. The first-order valence-electron chi connectivity index (χ1n) is 14.1. The van der Waals surface area contributed by atoms with Crippen molar-refractivity contribution in [3.63, 3.8) is 0 Å². The van der Waals surface area contributed by atoms with Crippen molar-refractivity contribution < 1.29 is 25.8 Å². The summed E-state index contributed by atoms with van der Waals surface area (Å²) in [6, 6.07) is 38.8. The van der Waals surface area contributed by atoms with Crippen molar-refractivity contribution in [2.75, 3.05) is 13.7 Å². The van der Waals surface area contributed by atoms with E-state index in [-0.39, 0.29) is 26.5 Å². The number of rotatable bonds is 4. The minimum absolute atomic E-state index is 0. The third-order valence-corrected chi connectivity index (χ3v) is 8.62. The molecule has 2 bridgehead atoms. The van der Waals surface area contributed by atoms with Crippen molar-refractivity contribution in [1.82, 2.24) is 18.5 Å². The molecule has 3 aliphatic heterocycles. The van der Waals surface area contributed by atoms with Gasteiger partial charge in [-0.15, -0.1) is 30.3 Å². The Morgan fingerprint density at radius 2 is 1.57 bits per heavy atom. The van der Waals surface area contributed by atoms with Crippen LogP contribution in [0.5, 0.6) is 11.5 Å². The molecule has 0 aliphatic carbocycles. The summed E-state index contributed by atoms with van der Waals surface area (Å²) < 4.78 is 10.1. The van der Waals surface area contributed by atoms with Gasteiger partial charge in [-0.1, -0.05) is 56.8 Å². The summed E-state index contributed by atoms with van der Waals surface area (Å²) in [4.78, 5) is 4.71. The van der Waals surface area contributed by atoms with Gasteiger partial charge in [0.1, 0.15) is 5.65 Å². The van der Waals surface area contributed by atoms with Gasteiger partial charge >= 0.3 is 0 Å².